The highest BCUT2D eigenvalue weighted by molar-refractivity contribution is 5.76. The molecule has 1 rings (SSSR count). The molecule has 1 aliphatic carbocycles. The van der Waals surface area contributed by atoms with E-state index in [1.54, 1.807) is 0 Å². The van der Waals surface area contributed by atoms with Gasteiger partial charge in [-0.3, -0.25) is 4.79 Å². The Bertz CT molecular complexity index is 236. The second-order valence-corrected chi connectivity index (χ2v) is 5.04. The van der Waals surface area contributed by atoms with Crippen LogP contribution in [0.1, 0.15) is 65.2 Å². The Morgan fingerprint density at radius 2 is 1.56 bits per heavy atom. The standard InChI is InChI=1S/C13H24O3/c1-3-13(16,4-2)12(11(14)15)9-7-5-6-8-10-12/h16H,3-10H2,1-2H3,(H,14,15). The first-order chi connectivity index (χ1) is 7.52. The maximum Gasteiger partial charge on any atom is 0.312 e. The molecule has 2 N–H and O–H groups in total. The Kier molecular flexibility index (Phi) is 4.36. The molecule has 94 valence electrons. The van der Waals surface area contributed by atoms with E-state index in [4.69, 9.17) is 0 Å². The largest absolute Gasteiger partial charge is 0.481 e. The van der Waals surface area contributed by atoms with Crippen LogP contribution < -0.4 is 0 Å². The first kappa shape index (κ1) is 13.5. The summed E-state index contributed by atoms with van der Waals surface area (Å²) in [6, 6.07) is 0. The summed E-state index contributed by atoms with van der Waals surface area (Å²) >= 11 is 0. The summed E-state index contributed by atoms with van der Waals surface area (Å²) in [5, 5.41) is 20.2. The zero-order valence-electron chi connectivity index (χ0n) is 10.5. The molecule has 0 radical (unpaired) electrons. The Morgan fingerprint density at radius 1 is 1.12 bits per heavy atom. The van der Waals surface area contributed by atoms with Gasteiger partial charge in [0.1, 0.15) is 0 Å². The van der Waals surface area contributed by atoms with Gasteiger partial charge in [0.2, 0.25) is 0 Å². The number of rotatable bonds is 4. The molecule has 3 heteroatoms. The second kappa shape index (κ2) is 5.17. The number of aliphatic hydroxyl groups is 1. The monoisotopic (exact) mass is 228 g/mol. The maximum absolute atomic E-state index is 11.6. The van der Waals surface area contributed by atoms with Crippen LogP contribution in [0.2, 0.25) is 0 Å². The third-order valence-electron chi connectivity index (χ3n) is 4.43. The van der Waals surface area contributed by atoms with Gasteiger partial charge in [0.15, 0.2) is 0 Å². The van der Waals surface area contributed by atoms with E-state index in [-0.39, 0.29) is 0 Å². The molecule has 3 nitrogen and oxygen atoms in total. The summed E-state index contributed by atoms with van der Waals surface area (Å²) in [5.41, 5.74) is -1.95. The Hall–Kier alpha value is -0.570. The lowest BCUT2D eigenvalue weighted by molar-refractivity contribution is -0.174. The molecule has 16 heavy (non-hydrogen) atoms. The minimum Gasteiger partial charge on any atom is -0.481 e. The highest BCUT2D eigenvalue weighted by atomic mass is 16.4. The molecule has 0 aromatic carbocycles. The fraction of sp³-hybridized carbons (Fsp3) is 0.923. The highest BCUT2D eigenvalue weighted by Crippen LogP contribution is 2.47. The van der Waals surface area contributed by atoms with Crippen molar-refractivity contribution in [3.63, 3.8) is 0 Å². The average molecular weight is 228 g/mol. The summed E-state index contributed by atoms with van der Waals surface area (Å²) in [7, 11) is 0. The summed E-state index contributed by atoms with van der Waals surface area (Å²) in [6.07, 6.45) is 6.34. The number of carboxylic acids is 1. The molecular weight excluding hydrogens is 204 g/mol. The van der Waals surface area contributed by atoms with Crippen LogP contribution >= 0.6 is 0 Å². The summed E-state index contributed by atoms with van der Waals surface area (Å²) < 4.78 is 0. The van der Waals surface area contributed by atoms with Crippen molar-refractivity contribution in [2.45, 2.75) is 70.8 Å². The van der Waals surface area contributed by atoms with Crippen LogP contribution in [-0.2, 0) is 4.79 Å². The molecule has 1 aliphatic rings. The van der Waals surface area contributed by atoms with Crippen molar-refractivity contribution in [2.24, 2.45) is 5.41 Å². The average Bonchev–Trinajstić information content (AvgIpc) is 2.54. The van der Waals surface area contributed by atoms with Crippen LogP contribution in [0.15, 0.2) is 0 Å². The third kappa shape index (κ3) is 2.10. The molecule has 1 saturated carbocycles. The Labute approximate surface area is 97.9 Å². The van der Waals surface area contributed by atoms with Gasteiger partial charge >= 0.3 is 5.97 Å². The zero-order chi connectivity index (χ0) is 12.2. The SMILES string of the molecule is CCC(O)(CC)C1(C(=O)O)CCCCCC1. The first-order valence-corrected chi connectivity index (χ1v) is 6.48. The van der Waals surface area contributed by atoms with Crippen molar-refractivity contribution in [2.75, 3.05) is 0 Å². The predicted octanol–water partition coefficient (Wildman–Crippen LogP) is 2.96. The number of carbonyl (C=O) groups is 1. The van der Waals surface area contributed by atoms with Crippen molar-refractivity contribution in [1.82, 2.24) is 0 Å². The first-order valence-electron chi connectivity index (χ1n) is 6.48. The summed E-state index contributed by atoms with van der Waals surface area (Å²) in [4.78, 5) is 11.6. The van der Waals surface area contributed by atoms with Gasteiger partial charge in [-0.25, -0.2) is 0 Å². The maximum atomic E-state index is 11.6. The van der Waals surface area contributed by atoms with E-state index in [2.05, 4.69) is 0 Å². The number of hydrogen-bond donors (Lipinski definition) is 2. The topological polar surface area (TPSA) is 57.5 Å². The van der Waals surface area contributed by atoms with Gasteiger partial charge < -0.3 is 10.2 Å². The Balaban J connectivity index is 3.07. The van der Waals surface area contributed by atoms with Crippen LogP contribution in [-0.4, -0.2) is 21.8 Å². The van der Waals surface area contributed by atoms with Crippen LogP contribution in [0, 0.1) is 5.41 Å². The van der Waals surface area contributed by atoms with Crippen LogP contribution in [0.25, 0.3) is 0 Å². The lowest BCUT2D eigenvalue weighted by atomic mass is 9.64. The van der Waals surface area contributed by atoms with Crippen molar-refractivity contribution in [3.05, 3.63) is 0 Å². The lowest BCUT2D eigenvalue weighted by Crippen LogP contribution is -2.52. The Morgan fingerprint density at radius 3 is 1.88 bits per heavy atom. The van der Waals surface area contributed by atoms with Gasteiger partial charge in [0, 0.05) is 0 Å². The molecule has 0 aromatic heterocycles. The van der Waals surface area contributed by atoms with E-state index in [0.717, 1.165) is 25.7 Å². The molecule has 0 bridgehead atoms. The van der Waals surface area contributed by atoms with E-state index in [9.17, 15) is 15.0 Å². The van der Waals surface area contributed by atoms with Gasteiger partial charge in [-0.05, 0) is 25.7 Å². The van der Waals surface area contributed by atoms with Crippen LogP contribution in [0.5, 0.6) is 0 Å². The molecule has 0 amide bonds. The van der Waals surface area contributed by atoms with Gasteiger partial charge in [-0.15, -0.1) is 0 Å². The third-order valence-corrected chi connectivity index (χ3v) is 4.43. The van der Waals surface area contributed by atoms with E-state index < -0.39 is 17.0 Å². The molecule has 1 fully saturated rings. The van der Waals surface area contributed by atoms with Crippen molar-refractivity contribution in [3.8, 4) is 0 Å². The molecular formula is C13H24O3. The smallest absolute Gasteiger partial charge is 0.312 e. The fourth-order valence-corrected chi connectivity index (χ4v) is 3.14. The number of carboxylic acid groups (broad SMARTS) is 1. The molecule has 0 spiro atoms. The van der Waals surface area contributed by atoms with Crippen LogP contribution in [0.3, 0.4) is 0 Å². The molecule has 0 heterocycles. The van der Waals surface area contributed by atoms with E-state index in [1.165, 1.54) is 0 Å². The second-order valence-electron chi connectivity index (χ2n) is 5.04. The van der Waals surface area contributed by atoms with Gasteiger partial charge in [0.05, 0.1) is 11.0 Å². The van der Waals surface area contributed by atoms with Crippen LogP contribution in [0.4, 0.5) is 0 Å². The van der Waals surface area contributed by atoms with Crippen molar-refractivity contribution >= 4 is 5.97 Å². The van der Waals surface area contributed by atoms with Gasteiger partial charge in [-0.1, -0.05) is 39.5 Å². The zero-order valence-corrected chi connectivity index (χ0v) is 10.5. The summed E-state index contributed by atoms with van der Waals surface area (Å²) in [5.74, 6) is -0.805. The number of aliphatic carboxylic acids is 1. The van der Waals surface area contributed by atoms with Crippen molar-refractivity contribution < 1.29 is 15.0 Å². The van der Waals surface area contributed by atoms with Crippen molar-refractivity contribution in [1.29, 1.82) is 0 Å². The van der Waals surface area contributed by atoms with Gasteiger partial charge in [-0.2, -0.15) is 0 Å². The fourth-order valence-electron chi connectivity index (χ4n) is 3.14. The molecule has 0 atom stereocenters. The molecule has 0 unspecified atom stereocenters. The normalized spacial score (nSPS) is 21.4. The minimum atomic E-state index is -1.04. The van der Waals surface area contributed by atoms with E-state index in [0.29, 0.717) is 25.7 Å². The molecule has 0 aromatic rings. The van der Waals surface area contributed by atoms with E-state index in [1.807, 2.05) is 13.8 Å². The number of hydrogen-bond acceptors (Lipinski definition) is 2. The summed E-state index contributed by atoms with van der Waals surface area (Å²) in [6.45, 7) is 3.78. The van der Waals surface area contributed by atoms with E-state index >= 15 is 0 Å². The lowest BCUT2D eigenvalue weighted by Gasteiger charge is -2.43. The quantitative estimate of drug-likeness (QED) is 0.727. The van der Waals surface area contributed by atoms with Gasteiger partial charge in [0.25, 0.3) is 0 Å². The highest BCUT2D eigenvalue weighted by Gasteiger charge is 2.53. The molecule has 0 aliphatic heterocycles. The molecule has 0 saturated heterocycles. The predicted molar refractivity (Wildman–Crippen MR) is 63.3 cm³/mol. The minimum absolute atomic E-state index is 0.524.